The summed E-state index contributed by atoms with van der Waals surface area (Å²) in [5.74, 6) is 0.0119. The molecule has 0 unspecified atom stereocenters. The molecule has 0 spiro atoms. The Morgan fingerprint density at radius 1 is 1.08 bits per heavy atom. The number of hydrogen-bond acceptors (Lipinski definition) is 4. The summed E-state index contributed by atoms with van der Waals surface area (Å²) < 4.78 is 27.5. The van der Waals surface area contributed by atoms with E-state index in [9.17, 15) is 13.2 Å². The molecule has 1 aliphatic heterocycles. The van der Waals surface area contributed by atoms with Crippen molar-refractivity contribution in [2.45, 2.75) is 43.9 Å². The number of nitrogens with zero attached hydrogens (tertiary/aromatic N) is 2. The Balaban J connectivity index is 1.60. The SMILES string of the molecule is CCCNC(=O)CN1CCN(S(=O)(=O)c2ccc3c(c2)CCCC3)CC1. The Kier molecular flexibility index (Phi) is 6.32. The van der Waals surface area contributed by atoms with Crippen LogP contribution in [0.25, 0.3) is 0 Å². The second-order valence-corrected chi connectivity index (χ2v) is 9.11. The third-order valence-electron chi connectivity index (χ3n) is 5.23. The summed E-state index contributed by atoms with van der Waals surface area (Å²) in [7, 11) is -3.46. The molecule has 0 atom stereocenters. The molecule has 1 aliphatic carbocycles. The van der Waals surface area contributed by atoms with Gasteiger partial charge in [-0.1, -0.05) is 13.0 Å². The fourth-order valence-electron chi connectivity index (χ4n) is 3.67. The lowest BCUT2D eigenvalue weighted by Gasteiger charge is -2.33. The van der Waals surface area contributed by atoms with Gasteiger partial charge in [0.25, 0.3) is 0 Å². The van der Waals surface area contributed by atoms with Crippen LogP contribution in [0.1, 0.15) is 37.3 Å². The second kappa shape index (κ2) is 8.50. The Labute approximate surface area is 156 Å². The molecule has 1 amide bonds. The fourth-order valence-corrected chi connectivity index (χ4v) is 5.14. The van der Waals surface area contributed by atoms with Crippen molar-refractivity contribution in [2.24, 2.45) is 0 Å². The van der Waals surface area contributed by atoms with Crippen LogP contribution in [0.15, 0.2) is 23.1 Å². The molecule has 1 fully saturated rings. The van der Waals surface area contributed by atoms with E-state index in [-0.39, 0.29) is 5.91 Å². The molecule has 3 rings (SSSR count). The number of nitrogens with one attached hydrogen (secondary N) is 1. The molecule has 2 aliphatic rings. The van der Waals surface area contributed by atoms with Gasteiger partial charge in [-0.3, -0.25) is 9.69 Å². The normalized spacial score (nSPS) is 19.1. The Morgan fingerprint density at radius 3 is 2.46 bits per heavy atom. The summed E-state index contributed by atoms with van der Waals surface area (Å²) in [6.07, 6.45) is 5.26. The number of hydrogen-bond donors (Lipinski definition) is 1. The van der Waals surface area contributed by atoms with Crippen LogP contribution in [-0.2, 0) is 27.7 Å². The molecule has 1 aromatic rings. The van der Waals surface area contributed by atoms with Gasteiger partial charge in [0, 0.05) is 32.7 Å². The quantitative estimate of drug-likeness (QED) is 0.811. The van der Waals surface area contributed by atoms with Crippen LogP contribution in [0.2, 0.25) is 0 Å². The molecular formula is C19H29N3O3S. The number of carbonyl (C=O) groups is 1. The highest BCUT2D eigenvalue weighted by molar-refractivity contribution is 7.89. The topological polar surface area (TPSA) is 69.7 Å². The number of fused-ring (bicyclic) bond motifs is 1. The lowest BCUT2D eigenvalue weighted by atomic mass is 9.92. The third kappa shape index (κ3) is 4.45. The summed E-state index contributed by atoms with van der Waals surface area (Å²) >= 11 is 0. The first-order valence-electron chi connectivity index (χ1n) is 9.61. The van der Waals surface area contributed by atoms with Crippen LogP contribution in [0.3, 0.4) is 0 Å². The summed E-state index contributed by atoms with van der Waals surface area (Å²) in [5, 5.41) is 2.86. The van der Waals surface area contributed by atoms with Gasteiger partial charge in [-0.15, -0.1) is 0 Å². The van der Waals surface area contributed by atoms with Crippen LogP contribution in [0.4, 0.5) is 0 Å². The zero-order valence-corrected chi connectivity index (χ0v) is 16.4. The second-order valence-electron chi connectivity index (χ2n) is 7.17. The molecule has 1 heterocycles. The lowest BCUT2D eigenvalue weighted by molar-refractivity contribution is -0.122. The minimum absolute atomic E-state index is 0.0119. The minimum Gasteiger partial charge on any atom is -0.355 e. The average Bonchev–Trinajstić information content (AvgIpc) is 2.66. The molecule has 1 saturated heterocycles. The number of amides is 1. The van der Waals surface area contributed by atoms with Crippen LogP contribution >= 0.6 is 0 Å². The van der Waals surface area contributed by atoms with Gasteiger partial charge >= 0.3 is 0 Å². The summed E-state index contributed by atoms with van der Waals surface area (Å²) in [6.45, 7) is 5.08. The summed E-state index contributed by atoms with van der Waals surface area (Å²) in [4.78, 5) is 14.2. The first-order valence-corrected chi connectivity index (χ1v) is 11.1. The van der Waals surface area contributed by atoms with E-state index < -0.39 is 10.0 Å². The zero-order chi connectivity index (χ0) is 18.6. The molecule has 144 valence electrons. The van der Waals surface area contributed by atoms with E-state index in [4.69, 9.17) is 0 Å². The molecule has 26 heavy (non-hydrogen) atoms. The third-order valence-corrected chi connectivity index (χ3v) is 7.12. The largest absolute Gasteiger partial charge is 0.355 e. The molecular weight excluding hydrogens is 350 g/mol. The number of benzene rings is 1. The van der Waals surface area contributed by atoms with Gasteiger partial charge in [0.2, 0.25) is 15.9 Å². The minimum atomic E-state index is -3.46. The fraction of sp³-hybridized carbons (Fsp3) is 0.632. The van der Waals surface area contributed by atoms with Crippen LogP contribution in [0.5, 0.6) is 0 Å². The zero-order valence-electron chi connectivity index (χ0n) is 15.5. The Bertz CT molecular complexity index is 740. The highest BCUT2D eigenvalue weighted by atomic mass is 32.2. The van der Waals surface area contributed by atoms with Gasteiger partial charge < -0.3 is 5.32 Å². The van der Waals surface area contributed by atoms with Crippen molar-refractivity contribution < 1.29 is 13.2 Å². The molecule has 0 saturated carbocycles. The van der Waals surface area contributed by atoms with Crippen LogP contribution in [0, 0.1) is 0 Å². The van der Waals surface area contributed by atoms with Crippen molar-refractivity contribution in [3.05, 3.63) is 29.3 Å². The maximum Gasteiger partial charge on any atom is 0.243 e. The van der Waals surface area contributed by atoms with E-state index in [1.54, 1.807) is 10.4 Å². The lowest BCUT2D eigenvalue weighted by Crippen LogP contribution is -2.51. The number of aryl methyl sites for hydroxylation is 2. The average molecular weight is 380 g/mol. The number of piperazine rings is 1. The molecule has 0 radical (unpaired) electrons. The van der Waals surface area contributed by atoms with Crippen molar-refractivity contribution in [3.8, 4) is 0 Å². The van der Waals surface area contributed by atoms with E-state index in [0.717, 1.165) is 25.7 Å². The monoisotopic (exact) mass is 379 g/mol. The van der Waals surface area contributed by atoms with Crippen LogP contribution < -0.4 is 5.32 Å². The number of rotatable bonds is 6. The molecule has 0 aromatic heterocycles. The van der Waals surface area contributed by atoms with E-state index >= 15 is 0 Å². The Morgan fingerprint density at radius 2 is 1.77 bits per heavy atom. The molecule has 1 N–H and O–H groups in total. The number of carbonyl (C=O) groups excluding carboxylic acids is 1. The smallest absolute Gasteiger partial charge is 0.243 e. The van der Waals surface area contributed by atoms with E-state index in [1.165, 1.54) is 17.5 Å². The van der Waals surface area contributed by atoms with Gasteiger partial charge in [0.15, 0.2) is 0 Å². The van der Waals surface area contributed by atoms with Crippen molar-refractivity contribution in [3.63, 3.8) is 0 Å². The van der Waals surface area contributed by atoms with Gasteiger partial charge in [-0.2, -0.15) is 4.31 Å². The van der Waals surface area contributed by atoms with E-state index in [1.807, 2.05) is 24.0 Å². The van der Waals surface area contributed by atoms with Crippen molar-refractivity contribution in [1.29, 1.82) is 0 Å². The molecule has 0 bridgehead atoms. The highest BCUT2D eigenvalue weighted by Crippen LogP contribution is 2.26. The van der Waals surface area contributed by atoms with Gasteiger partial charge in [-0.25, -0.2) is 8.42 Å². The summed E-state index contributed by atoms with van der Waals surface area (Å²) in [5.41, 5.74) is 2.47. The van der Waals surface area contributed by atoms with Crippen molar-refractivity contribution in [2.75, 3.05) is 39.3 Å². The van der Waals surface area contributed by atoms with E-state index in [0.29, 0.717) is 44.2 Å². The predicted octanol–water partition coefficient (Wildman–Crippen LogP) is 1.40. The predicted molar refractivity (Wildman–Crippen MR) is 102 cm³/mol. The highest BCUT2D eigenvalue weighted by Gasteiger charge is 2.29. The first-order chi connectivity index (χ1) is 12.5. The molecule has 1 aromatic carbocycles. The standard InChI is InChI=1S/C19H29N3O3S/c1-2-9-20-19(23)15-21-10-12-22(13-11-21)26(24,25)18-8-7-16-5-3-4-6-17(16)14-18/h7-8,14H,2-6,9-13,15H2,1H3,(H,20,23). The number of sulfonamides is 1. The first kappa shape index (κ1) is 19.3. The summed E-state index contributed by atoms with van der Waals surface area (Å²) in [6, 6.07) is 5.61. The Hall–Kier alpha value is -1.44. The van der Waals surface area contributed by atoms with Gasteiger partial charge in [-0.05, 0) is 55.4 Å². The molecule has 6 nitrogen and oxygen atoms in total. The maximum atomic E-state index is 13.0. The van der Waals surface area contributed by atoms with Gasteiger partial charge in [0.05, 0.1) is 11.4 Å². The maximum absolute atomic E-state index is 13.0. The molecule has 7 heteroatoms. The van der Waals surface area contributed by atoms with Crippen LogP contribution in [-0.4, -0.2) is 62.8 Å². The van der Waals surface area contributed by atoms with Gasteiger partial charge in [0.1, 0.15) is 0 Å². The van der Waals surface area contributed by atoms with Crippen molar-refractivity contribution >= 4 is 15.9 Å². The van der Waals surface area contributed by atoms with E-state index in [2.05, 4.69) is 5.32 Å². The van der Waals surface area contributed by atoms with Crippen molar-refractivity contribution in [1.82, 2.24) is 14.5 Å².